The molecule has 0 spiro atoms. The zero-order valence-electron chi connectivity index (χ0n) is 64.7. The van der Waals surface area contributed by atoms with Crippen LogP contribution in [0.5, 0.6) is 0 Å². The number of alkyl halides is 1. The Hall–Kier alpha value is -4.92. The number of rotatable bonds is 1. The fourth-order valence-corrected chi connectivity index (χ4v) is 11.1. The van der Waals surface area contributed by atoms with Gasteiger partial charge in [0.25, 0.3) is 0 Å². The Kier molecular flexibility index (Phi) is 35.1. The molecule has 552 valence electrons. The number of carbonyl (C=O) groups excluding carboxylic acids is 9. The van der Waals surface area contributed by atoms with Crippen LogP contribution in [0.3, 0.4) is 0 Å². The van der Waals surface area contributed by atoms with Crippen molar-refractivity contribution in [2.75, 3.05) is 118 Å². The van der Waals surface area contributed by atoms with E-state index in [0.717, 1.165) is 78.3 Å². The minimum atomic E-state index is -0.790. The second kappa shape index (κ2) is 37.9. The molecule has 8 rings (SSSR count). The molecule has 2 atom stereocenters. The topological polar surface area (TPSA) is 235 Å². The van der Waals surface area contributed by atoms with Crippen molar-refractivity contribution in [2.45, 2.75) is 250 Å². The molecule has 8 aliphatic heterocycles. The molecule has 0 saturated carbocycles. The van der Waals surface area contributed by atoms with Gasteiger partial charge in [0.15, 0.2) is 0 Å². The Morgan fingerprint density at radius 1 is 0.326 bits per heavy atom. The van der Waals surface area contributed by atoms with Gasteiger partial charge in [-0.25, -0.2) is 4.39 Å². The molecule has 8 heterocycles. The van der Waals surface area contributed by atoms with Crippen molar-refractivity contribution in [1.29, 1.82) is 0 Å². The van der Waals surface area contributed by atoms with Crippen molar-refractivity contribution in [1.82, 2.24) is 39.2 Å². The van der Waals surface area contributed by atoms with Gasteiger partial charge in [-0.1, -0.05) is 173 Å². The van der Waals surface area contributed by atoms with E-state index in [4.69, 9.17) is 10.5 Å². The number of ether oxygens (including phenoxy) is 1. The van der Waals surface area contributed by atoms with Crippen LogP contribution in [-0.2, 0) is 47.9 Å². The Morgan fingerprint density at radius 3 is 0.842 bits per heavy atom. The normalized spacial score (nSPS) is 20.6. The quantitative estimate of drug-likeness (QED) is 0.251. The van der Waals surface area contributed by atoms with Gasteiger partial charge in [0.05, 0.1) is 38.3 Å². The van der Waals surface area contributed by atoms with Crippen LogP contribution in [0.15, 0.2) is 0 Å². The molecule has 95 heavy (non-hydrogen) atoms. The molecular weight excluding hydrogens is 1210 g/mol. The van der Waals surface area contributed by atoms with E-state index in [1.807, 2.05) is 196 Å². The van der Waals surface area contributed by atoms with Crippen LogP contribution in [0, 0.1) is 55.2 Å². The molecule has 8 saturated heterocycles. The highest BCUT2D eigenvalue weighted by Gasteiger charge is 2.38. The molecule has 0 aromatic carbocycles. The lowest BCUT2D eigenvalue weighted by Crippen LogP contribution is -2.54. The summed E-state index contributed by atoms with van der Waals surface area (Å²) in [6, 6.07) is 0. The van der Waals surface area contributed by atoms with Crippen molar-refractivity contribution in [3.63, 3.8) is 0 Å². The minimum absolute atomic E-state index is 0.0476. The molecule has 0 aromatic rings. The van der Waals surface area contributed by atoms with Crippen LogP contribution >= 0.6 is 0 Å². The number of likely N-dealkylation sites (tertiary alicyclic amines) is 7. The smallest absolute Gasteiger partial charge is 0.228 e. The number of piperidine rings is 2. The number of nitrogens with zero attached hydrogens (tertiary/aromatic N) is 8. The van der Waals surface area contributed by atoms with Crippen molar-refractivity contribution >= 4 is 53.2 Å². The van der Waals surface area contributed by atoms with E-state index >= 15 is 0 Å². The molecule has 2 unspecified atom stereocenters. The van der Waals surface area contributed by atoms with Crippen LogP contribution in [0.2, 0.25) is 0 Å². The van der Waals surface area contributed by atoms with Crippen molar-refractivity contribution in [3.8, 4) is 0 Å². The monoisotopic (exact) mass is 1350 g/mol. The fraction of sp³-hybridized carbons (Fsp3) is 0.878. The standard InChI is InChI=1S/C10H18N2O2.C10H19NO2.2C10H19NO.C9H17NO2.C9H17NO.C8H14FNO.C8H15NO/c1-10(2,3)9(14)12-5-4-7(6-12)8(11)13;1-10(2,3)9(13)11-6-4-8(12)5-7-11;1-8-5-6-11(7-8)9(12)10(2,3)4;1-10(2,3)9(12)11-7-5-4-6-8-11;1-9(2,3)8(11)10-4-6-12-7-5-10;1-9(2,3)8(11)10-6-4-5-7-10;1-8(2,3)7(11)10-4-6(9)5-10;1-8(2,3)7(10)9-5-4-6-9/h7H,4-6H2,1-3H3,(H2,11,13);8,12H,4-7H2,1-3H3;8H,5-7H2,1-4H3;4-8H2,1-3H3;4-7H2,1-3H3;4-7H2,1-3H3;6H,4-5H2,1-3H3;4-6H2,1-3H3. The van der Waals surface area contributed by atoms with E-state index in [1.165, 1.54) is 44.9 Å². The first-order valence-electron chi connectivity index (χ1n) is 35.7. The third-order valence-electron chi connectivity index (χ3n) is 17.1. The van der Waals surface area contributed by atoms with E-state index in [1.54, 1.807) is 9.80 Å². The largest absolute Gasteiger partial charge is 0.393 e. The molecule has 0 bridgehead atoms. The zero-order chi connectivity index (χ0) is 73.6. The number of carbonyl (C=O) groups is 9. The summed E-state index contributed by atoms with van der Waals surface area (Å²) in [6.07, 6.45) is 9.52. The second-order valence-corrected chi connectivity index (χ2v) is 35.5. The summed E-state index contributed by atoms with van der Waals surface area (Å²) in [5.74, 6) is 2.01. The number of halogens is 1. The van der Waals surface area contributed by atoms with E-state index in [9.17, 15) is 52.6 Å². The molecular formula is C74H138FN9O11. The van der Waals surface area contributed by atoms with Crippen molar-refractivity contribution in [3.05, 3.63) is 0 Å². The van der Waals surface area contributed by atoms with E-state index in [0.29, 0.717) is 75.4 Å². The predicted molar refractivity (Wildman–Crippen MR) is 378 cm³/mol. The van der Waals surface area contributed by atoms with Crippen molar-refractivity contribution < 1.29 is 57.4 Å². The van der Waals surface area contributed by atoms with E-state index < -0.39 is 6.17 Å². The summed E-state index contributed by atoms with van der Waals surface area (Å²) in [4.78, 5) is 119. The molecule has 8 fully saturated rings. The number of aliphatic hydroxyl groups is 1. The van der Waals surface area contributed by atoms with Crippen LogP contribution in [0.25, 0.3) is 0 Å². The Bertz CT molecular complexity index is 2340. The number of morpholine rings is 1. The summed E-state index contributed by atoms with van der Waals surface area (Å²) < 4.78 is 17.5. The van der Waals surface area contributed by atoms with Gasteiger partial charge < -0.3 is 54.8 Å². The molecule has 8 aliphatic rings. The molecule has 9 amide bonds. The molecule has 20 nitrogen and oxygen atoms in total. The average Bonchev–Trinajstić information content (AvgIpc) is 1.38. The van der Waals surface area contributed by atoms with Crippen LogP contribution < -0.4 is 5.73 Å². The lowest BCUT2D eigenvalue weighted by atomic mass is 9.93. The number of aliphatic hydroxyl groups excluding tert-OH is 1. The highest BCUT2D eigenvalue weighted by atomic mass is 19.1. The Balaban J connectivity index is 0.000000544. The SMILES string of the molecule is CC(C)(C)C(=O)N1CC(F)C1.CC(C)(C)C(=O)N1CCC(C(N)=O)C1.CC(C)(C)C(=O)N1CCC(O)CC1.CC(C)(C)C(=O)N1CCC1.CC(C)(C)C(=O)N1CCCC1.CC(C)(C)C(=O)N1CCCCC1.CC(C)(C)C(=O)N1CCOCC1.CC1CCN(C(=O)C(C)(C)C)C1. The van der Waals surface area contributed by atoms with Gasteiger partial charge in [0.1, 0.15) is 6.17 Å². The number of primary amides is 1. The molecule has 21 heteroatoms. The summed E-state index contributed by atoms with van der Waals surface area (Å²) in [5.41, 5.74) is 3.15. The number of amides is 9. The molecule has 0 aromatic heterocycles. The van der Waals surface area contributed by atoms with Gasteiger partial charge in [-0.05, 0) is 70.1 Å². The first kappa shape index (κ1) is 88.1. The Labute approximate surface area is 575 Å². The van der Waals surface area contributed by atoms with Crippen molar-refractivity contribution in [2.24, 2.45) is 60.9 Å². The lowest BCUT2D eigenvalue weighted by molar-refractivity contribution is -0.147. The van der Waals surface area contributed by atoms with Gasteiger partial charge in [0, 0.05) is 135 Å². The average molecular weight is 1350 g/mol. The summed E-state index contributed by atoms with van der Waals surface area (Å²) in [5, 5.41) is 9.27. The van der Waals surface area contributed by atoms with Gasteiger partial charge >= 0.3 is 0 Å². The summed E-state index contributed by atoms with van der Waals surface area (Å²) >= 11 is 0. The summed E-state index contributed by atoms with van der Waals surface area (Å²) in [6.45, 7) is 62.5. The van der Waals surface area contributed by atoms with Crippen LogP contribution in [-0.4, -0.2) is 228 Å². The van der Waals surface area contributed by atoms with Crippen LogP contribution in [0.4, 0.5) is 4.39 Å². The van der Waals surface area contributed by atoms with E-state index in [-0.39, 0.29) is 98.0 Å². The van der Waals surface area contributed by atoms with Crippen LogP contribution in [0.1, 0.15) is 237 Å². The van der Waals surface area contributed by atoms with Gasteiger partial charge in [-0.15, -0.1) is 0 Å². The number of hydrogen-bond acceptors (Lipinski definition) is 11. The fourth-order valence-electron chi connectivity index (χ4n) is 11.1. The van der Waals surface area contributed by atoms with Gasteiger partial charge in [-0.3, -0.25) is 43.2 Å². The number of hydrogen-bond donors (Lipinski definition) is 2. The highest BCUT2D eigenvalue weighted by Crippen LogP contribution is 2.28. The Morgan fingerprint density at radius 2 is 0.579 bits per heavy atom. The van der Waals surface area contributed by atoms with Gasteiger partial charge in [0.2, 0.25) is 53.2 Å². The third kappa shape index (κ3) is 32.5. The first-order chi connectivity index (χ1) is 43.1. The maximum absolute atomic E-state index is 12.3. The minimum Gasteiger partial charge on any atom is -0.393 e. The summed E-state index contributed by atoms with van der Waals surface area (Å²) in [7, 11) is 0. The lowest BCUT2D eigenvalue weighted by Gasteiger charge is -2.38. The highest BCUT2D eigenvalue weighted by molar-refractivity contribution is 5.86. The molecule has 0 aliphatic carbocycles. The third-order valence-corrected chi connectivity index (χ3v) is 17.1. The molecule has 3 N–H and O–H groups in total. The van der Waals surface area contributed by atoms with Gasteiger partial charge in [-0.2, -0.15) is 0 Å². The number of nitrogens with two attached hydrogens (primary N) is 1. The second-order valence-electron chi connectivity index (χ2n) is 35.5. The van der Waals surface area contributed by atoms with E-state index in [2.05, 4.69) is 6.92 Å². The zero-order valence-corrected chi connectivity index (χ0v) is 64.7. The first-order valence-corrected chi connectivity index (χ1v) is 35.7. The maximum atomic E-state index is 12.3. The molecule has 0 radical (unpaired) electrons. The predicted octanol–water partition coefficient (Wildman–Crippen LogP) is 10.4. The maximum Gasteiger partial charge on any atom is 0.228 e.